The fraction of sp³-hybridized carbons (Fsp3) is 0.353. The maximum atomic E-state index is 12.2. The molecule has 0 bridgehead atoms. The van der Waals surface area contributed by atoms with Crippen LogP contribution in [0.2, 0.25) is 0 Å². The van der Waals surface area contributed by atoms with E-state index in [0.29, 0.717) is 13.0 Å². The molecule has 25 heavy (non-hydrogen) atoms. The lowest BCUT2D eigenvalue weighted by Gasteiger charge is -2.11. The molecule has 8 heteroatoms. The molecule has 3 rings (SSSR count). The first-order valence-electron chi connectivity index (χ1n) is 8.14. The van der Waals surface area contributed by atoms with E-state index < -0.39 is 6.04 Å². The molecule has 0 fully saturated rings. The van der Waals surface area contributed by atoms with Crippen molar-refractivity contribution in [2.75, 3.05) is 12.3 Å². The lowest BCUT2D eigenvalue weighted by atomic mass is 10.1. The molecule has 2 aromatic heterocycles. The van der Waals surface area contributed by atoms with Crippen LogP contribution in [0.15, 0.2) is 34.8 Å². The third kappa shape index (κ3) is 4.81. The van der Waals surface area contributed by atoms with Gasteiger partial charge in [-0.2, -0.15) is 0 Å². The number of hydrogen-bond donors (Lipinski definition) is 3. The first-order valence-corrected chi connectivity index (χ1v) is 9.95. The molecule has 2 heterocycles. The molecule has 1 amide bonds. The highest BCUT2D eigenvalue weighted by atomic mass is 32.2. The maximum Gasteiger partial charge on any atom is 0.237 e. The second kappa shape index (κ2) is 8.46. The van der Waals surface area contributed by atoms with Crippen molar-refractivity contribution in [3.8, 4) is 0 Å². The number of H-pyrrole nitrogens is 1. The maximum absolute atomic E-state index is 12.2. The van der Waals surface area contributed by atoms with Crippen LogP contribution in [-0.2, 0) is 11.2 Å². The SMILES string of the molecule is Cc1nnc(SCCCNC(=O)C(N)Cc2c[nH]c3ccccc23)s1. The molecule has 0 saturated heterocycles. The Kier molecular flexibility index (Phi) is 6.06. The van der Waals surface area contributed by atoms with Gasteiger partial charge in [0.1, 0.15) is 5.01 Å². The first-order chi connectivity index (χ1) is 12.1. The number of amides is 1. The van der Waals surface area contributed by atoms with Gasteiger partial charge in [0.25, 0.3) is 0 Å². The van der Waals surface area contributed by atoms with E-state index in [1.165, 1.54) is 0 Å². The van der Waals surface area contributed by atoms with Crippen LogP contribution in [0.25, 0.3) is 10.9 Å². The molecule has 3 aromatic rings. The highest BCUT2D eigenvalue weighted by Gasteiger charge is 2.15. The Labute approximate surface area is 154 Å². The molecule has 1 unspecified atom stereocenters. The summed E-state index contributed by atoms with van der Waals surface area (Å²) in [5.74, 6) is 0.786. The van der Waals surface area contributed by atoms with Crippen molar-refractivity contribution in [1.29, 1.82) is 0 Å². The van der Waals surface area contributed by atoms with Crippen LogP contribution in [0.1, 0.15) is 17.0 Å². The highest BCUT2D eigenvalue weighted by molar-refractivity contribution is 8.01. The number of nitrogens with zero attached hydrogens (tertiary/aromatic N) is 2. The number of aryl methyl sites for hydroxylation is 1. The molecule has 1 atom stereocenters. The predicted octanol–water partition coefficient (Wildman–Crippen LogP) is 2.50. The van der Waals surface area contributed by atoms with Crippen LogP contribution >= 0.6 is 23.1 Å². The van der Waals surface area contributed by atoms with E-state index in [4.69, 9.17) is 5.73 Å². The Bertz CT molecular complexity index is 844. The number of carbonyl (C=O) groups is 1. The average molecular weight is 376 g/mol. The Morgan fingerprint density at radius 2 is 2.24 bits per heavy atom. The van der Waals surface area contributed by atoms with Crippen LogP contribution in [0.4, 0.5) is 0 Å². The number of thioether (sulfide) groups is 1. The third-order valence-corrected chi connectivity index (χ3v) is 5.86. The molecule has 132 valence electrons. The van der Waals surface area contributed by atoms with Crippen molar-refractivity contribution in [1.82, 2.24) is 20.5 Å². The number of rotatable bonds is 8. The van der Waals surface area contributed by atoms with Gasteiger partial charge in [0.15, 0.2) is 4.34 Å². The Hall–Kier alpha value is -1.90. The van der Waals surface area contributed by atoms with Gasteiger partial charge in [-0.1, -0.05) is 41.3 Å². The number of carbonyl (C=O) groups excluding carboxylic acids is 1. The minimum absolute atomic E-state index is 0.109. The quantitative estimate of drug-likeness (QED) is 0.415. The summed E-state index contributed by atoms with van der Waals surface area (Å²) in [6, 6.07) is 7.48. The molecular weight excluding hydrogens is 354 g/mol. The average Bonchev–Trinajstić information content (AvgIpc) is 3.21. The van der Waals surface area contributed by atoms with E-state index in [2.05, 4.69) is 20.5 Å². The van der Waals surface area contributed by atoms with Crippen LogP contribution in [-0.4, -0.2) is 39.4 Å². The summed E-state index contributed by atoms with van der Waals surface area (Å²) >= 11 is 3.26. The summed E-state index contributed by atoms with van der Waals surface area (Å²) in [5, 5.41) is 13.1. The van der Waals surface area contributed by atoms with E-state index in [-0.39, 0.29) is 5.91 Å². The summed E-state index contributed by atoms with van der Waals surface area (Å²) in [7, 11) is 0. The van der Waals surface area contributed by atoms with Gasteiger partial charge in [-0.3, -0.25) is 4.79 Å². The van der Waals surface area contributed by atoms with E-state index in [1.54, 1.807) is 23.1 Å². The zero-order chi connectivity index (χ0) is 17.6. The number of aromatic nitrogens is 3. The predicted molar refractivity (Wildman–Crippen MR) is 103 cm³/mol. The lowest BCUT2D eigenvalue weighted by Crippen LogP contribution is -2.42. The van der Waals surface area contributed by atoms with E-state index >= 15 is 0 Å². The fourth-order valence-electron chi connectivity index (χ4n) is 2.54. The van der Waals surface area contributed by atoms with Crippen LogP contribution < -0.4 is 11.1 Å². The number of fused-ring (bicyclic) bond motifs is 1. The lowest BCUT2D eigenvalue weighted by molar-refractivity contribution is -0.122. The number of hydrogen-bond acceptors (Lipinski definition) is 6. The Balaban J connectivity index is 1.40. The molecule has 0 spiro atoms. The minimum atomic E-state index is -0.544. The van der Waals surface area contributed by atoms with Gasteiger partial charge in [0, 0.05) is 29.4 Å². The molecular formula is C17H21N5OS2. The highest BCUT2D eigenvalue weighted by Crippen LogP contribution is 2.22. The van der Waals surface area contributed by atoms with Gasteiger partial charge >= 0.3 is 0 Å². The van der Waals surface area contributed by atoms with E-state index in [0.717, 1.165) is 38.0 Å². The van der Waals surface area contributed by atoms with Gasteiger partial charge in [0.2, 0.25) is 5.91 Å². The number of para-hydroxylation sites is 1. The second-order valence-corrected chi connectivity index (χ2v) is 8.27. The van der Waals surface area contributed by atoms with Crippen molar-refractivity contribution in [3.05, 3.63) is 41.0 Å². The summed E-state index contributed by atoms with van der Waals surface area (Å²) in [6.07, 6.45) is 3.32. The summed E-state index contributed by atoms with van der Waals surface area (Å²) in [5.41, 5.74) is 8.19. The first kappa shape index (κ1) is 17.9. The molecule has 0 aliphatic heterocycles. The fourth-order valence-corrected chi connectivity index (χ4v) is 4.37. The van der Waals surface area contributed by atoms with Crippen LogP contribution in [0, 0.1) is 6.92 Å². The number of nitrogens with one attached hydrogen (secondary N) is 2. The smallest absolute Gasteiger partial charge is 0.237 e. The summed E-state index contributed by atoms with van der Waals surface area (Å²) < 4.78 is 0.972. The third-order valence-electron chi connectivity index (χ3n) is 3.80. The molecule has 4 N–H and O–H groups in total. The minimum Gasteiger partial charge on any atom is -0.361 e. The summed E-state index contributed by atoms with van der Waals surface area (Å²) in [6.45, 7) is 2.56. The van der Waals surface area contributed by atoms with Crippen LogP contribution in [0.3, 0.4) is 0 Å². The van der Waals surface area contributed by atoms with Gasteiger partial charge in [-0.25, -0.2) is 0 Å². The van der Waals surface area contributed by atoms with Gasteiger partial charge in [-0.15, -0.1) is 10.2 Å². The molecule has 0 aliphatic rings. The molecule has 1 aromatic carbocycles. The monoisotopic (exact) mass is 375 g/mol. The zero-order valence-electron chi connectivity index (χ0n) is 14.0. The van der Waals surface area contributed by atoms with E-state index in [9.17, 15) is 4.79 Å². The summed E-state index contributed by atoms with van der Waals surface area (Å²) in [4.78, 5) is 15.4. The van der Waals surface area contributed by atoms with Gasteiger partial charge in [0.05, 0.1) is 6.04 Å². The van der Waals surface area contributed by atoms with Gasteiger partial charge in [-0.05, 0) is 31.4 Å². The topological polar surface area (TPSA) is 96.7 Å². The largest absolute Gasteiger partial charge is 0.361 e. The Morgan fingerprint density at radius 1 is 1.40 bits per heavy atom. The van der Waals surface area contributed by atoms with Crippen LogP contribution in [0.5, 0.6) is 0 Å². The Morgan fingerprint density at radius 3 is 3.04 bits per heavy atom. The number of aromatic amines is 1. The van der Waals surface area contributed by atoms with Crippen molar-refractivity contribution >= 4 is 39.9 Å². The number of nitrogens with two attached hydrogens (primary N) is 1. The van der Waals surface area contributed by atoms with Crippen molar-refractivity contribution in [2.24, 2.45) is 5.73 Å². The van der Waals surface area contributed by atoms with Crippen molar-refractivity contribution < 1.29 is 4.79 Å². The molecule has 0 aliphatic carbocycles. The standard InChI is InChI=1S/C17H21N5OS2/c1-11-21-22-17(25-11)24-8-4-7-19-16(23)14(18)9-12-10-20-15-6-3-2-5-13(12)15/h2-3,5-6,10,14,20H,4,7-9,18H2,1H3,(H,19,23). The van der Waals surface area contributed by atoms with Crippen molar-refractivity contribution in [3.63, 3.8) is 0 Å². The molecule has 6 nitrogen and oxygen atoms in total. The van der Waals surface area contributed by atoms with E-state index in [1.807, 2.05) is 37.4 Å². The normalized spacial score (nSPS) is 12.4. The van der Waals surface area contributed by atoms with Crippen molar-refractivity contribution in [2.45, 2.75) is 30.1 Å². The zero-order valence-corrected chi connectivity index (χ0v) is 15.6. The van der Waals surface area contributed by atoms with Gasteiger partial charge < -0.3 is 16.0 Å². The molecule has 0 radical (unpaired) electrons. The number of benzene rings is 1. The second-order valence-electron chi connectivity index (χ2n) is 5.75. The molecule has 0 saturated carbocycles.